The molecule has 10 heteroatoms. The number of aromatic carboxylic acids is 1. The summed E-state index contributed by atoms with van der Waals surface area (Å²) in [6.07, 6.45) is 5.02. The van der Waals surface area contributed by atoms with Crippen LogP contribution in [-0.2, 0) is 10.0 Å². The lowest BCUT2D eigenvalue weighted by Crippen LogP contribution is -2.14. The van der Waals surface area contributed by atoms with Gasteiger partial charge in [-0.3, -0.25) is 4.72 Å². The van der Waals surface area contributed by atoms with Crippen molar-refractivity contribution in [3.05, 3.63) is 71.5 Å². The third kappa shape index (κ3) is 4.66. The van der Waals surface area contributed by atoms with Crippen LogP contribution < -0.4 is 9.46 Å². The minimum absolute atomic E-state index is 0.0618. The highest BCUT2D eigenvalue weighted by molar-refractivity contribution is 7.92. The maximum Gasteiger partial charge on any atom is 0.338 e. The summed E-state index contributed by atoms with van der Waals surface area (Å²) in [5.41, 5.74) is 2.01. The maximum absolute atomic E-state index is 14.2. The van der Waals surface area contributed by atoms with Gasteiger partial charge in [-0.2, -0.15) is 0 Å². The molecule has 1 saturated carbocycles. The molecule has 36 heavy (non-hydrogen) atoms. The van der Waals surface area contributed by atoms with E-state index in [1.54, 1.807) is 6.07 Å². The second kappa shape index (κ2) is 9.51. The molecule has 186 valence electrons. The van der Waals surface area contributed by atoms with Gasteiger partial charge in [0, 0.05) is 11.6 Å². The van der Waals surface area contributed by atoms with Crippen LogP contribution in [-0.4, -0.2) is 31.6 Å². The van der Waals surface area contributed by atoms with Crippen molar-refractivity contribution in [2.24, 2.45) is 0 Å². The van der Waals surface area contributed by atoms with Crippen LogP contribution in [0.4, 0.5) is 10.1 Å². The van der Waals surface area contributed by atoms with Gasteiger partial charge in [0.15, 0.2) is 0 Å². The maximum atomic E-state index is 14.2. The normalized spacial score (nSPS) is 14.3. The number of hydrogen-bond acceptors (Lipinski definition) is 6. The van der Waals surface area contributed by atoms with E-state index in [9.17, 15) is 17.6 Å². The van der Waals surface area contributed by atoms with E-state index in [4.69, 9.17) is 9.84 Å². The lowest BCUT2D eigenvalue weighted by molar-refractivity contribution is 0.0691. The first-order valence-corrected chi connectivity index (χ1v) is 13.7. The smallest absolute Gasteiger partial charge is 0.338 e. The highest BCUT2D eigenvalue weighted by atomic mass is 32.2. The molecule has 0 spiro atoms. The first kappa shape index (κ1) is 24.2. The summed E-state index contributed by atoms with van der Waals surface area (Å²) in [5.74, 6) is -2.06. The Morgan fingerprint density at radius 1 is 1.11 bits per heavy atom. The third-order valence-corrected chi connectivity index (χ3v) is 8.87. The van der Waals surface area contributed by atoms with Crippen molar-refractivity contribution in [3.63, 3.8) is 0 Å². The van der Waals surface area contributed by atoms with Gasteiger partial charge in [-0.25, -0.2) is 22.6 Å². The lowest BCUT2D eigenvalue weighted by Gasteiger charge is -2.13. The zero-order chi connectivity index (χ0) is 25.4. The number of rotatable bonds is 7. The molecule has 0 saturated heterocycles. The molecular formula is C26H23FN2O5S2. The van der Waals surface area contributed by atoms with E-state index >= 15 is 0 Å². The summed E-state index contributed by atoms with van der Waals surface area (Å²) in [7, 11) is -2.90. The standard InChI is InChI=1S/C26H23FN2O5S2/c1-34-23-13-19(26(30)31)20(27)14-21(23)29-36(32,33)18-10-11-24-22(12-18)28-25(35-24)17-8-6-16(7-9-17)15-4-2-3-5-15/h6-15,29H,2-5H2,1H3,(H,30,31). The number of sulfonamides is 1. The molecule has 1 aliphatic rings. The fraction of sp³-hybridized carbons (Fsp3) is 0.231. The van der Waals surface area contributed by atoms with Crippen LogP contribution in [0.15, 0.2) is 59.5 Å². The number of carboxylic acid groups (broad SMARTS) is 1. The van der Waals surface area contributed by atoms with Crippen LogP contribution in [0.1, 0.15) is 47.5 Å². The van der Waals surface area contributed by atoms with Gasteiger partial charge >= 0.3 is 5.97 Å². The molecule has 5 rings (SSSR count). The topological polar surface area (TPSA) is 106 Å². The summed E-state index contributed by atoms with van der Waals surface area (Å²) in [5, 5.41) is 9.89. The first-order valence-electron chi connectivity index (χ1n) is 11.4. The molecule has 0 atom stereocenters. The van der Waals surface area contributed by atoms with E-state index in [0.29, 0.717) is 11.4 Å². The van der Waals surface area contributed by atoms with Crippen molar-refractivity contribution >= 4 is 43.2 Å². The van der Waals surface area contributed by atoms with Crippen LogP contribution in [0.25, 0.3) is 20.8 Å². The highest BCUT2D eigenvalue weighted by Crippen LogP contribution is 2.37. The molecule has 4 aromatic rings. The molecule has 1 fully saturated rings. The van der Waals surface area contributed by atoms with Gasteiger partial charge in [0.05, 0.1) is 33.5 Å². The van der Waals surface area contributed by atoms with E-state index in [1.165, 1.54) is 61.8 Å². The van der Waals surface area contributed by atoms with Crippen molar-refractivity contribution < 1.29 is 27.4 Å². The zero-order valence-corrected chi connectivity index (χ0v) is 21.0. The zero-order valence-electron chi connectivity index (χ0n) is 19.3. The molecule has 1 heterocycles. The number of carbonyl (C=O) groups is 1. The summed E-state index contributed by atoms with van der Waals surface area (Å²) in [6, 6.07) is 14.7. The number of ether oxygens (including phenoxy) is 1. The van der Waals surface area contributed by atoms with Gasteiger partial charge in [-0.05, 0) is 48.6 Å². The van der Waals surface area contributed by atoms with Crippen LogP contribution in [0.2, 0.25) is 0 Å². The molecule has 3 aromatic carbocycles. The fourth-order valence-corrected chi connectivity index (χ4v) is 6.56. The Bertz CT molecular complexity index is 1560. The average molecular weight is 527 g/mol. The number of methoxy groups -OCH3 is 1. The van der Waals surface area contributed by atoms with Crippen molar-refractivity contribution in [2.45, 2.75) is 36.5 Å². The van der Waals surface area contributed by atoms with E-state index in [1.807, 2.05) is 0 Å². The van der Waals surface area contributed by atoms with Gasteiger partial charge in [0.1, 0.15) is 16.6 Å². The number of aromatic nitrogens is 1. The lowest BCUT2D eigenvalue weighted by atomic mass is 9.97. The summed E-state index contributed by atoms with van der Waals surface area (Å²) in [4.78, 5) is 15.8. The molecule has 2 N–H and O–H groups in total. The van der Waals surface area contributed by atoms with Gasteiger partial charge in [0.25, 0.3) is 10.0 Å². The highest BCUT2D eigenvalue weighted by Gasteiger charge is 2.22. The van der Waals surface area contributed by atoms with Crippen molar-refractivity contribution in [2.75, 3.05) is 11.8 Å². The summed E-state index contributed by atoms with van der Waals surface area (Å²) >= 11 is 1.47. The molecule has 0 unspecified atom stereocenters. The minimum atomic E-state index is -4.14. The van der Waals surface area contributed by atoms with Crippen LogP contribution in [0.5, 0.6) is 5.75 Å². The average Bonchev–Trinajstić information content (AvgIpc) is 3.54. The number of anilines is 1. The van der Waals surface area contributed by atoms with Gasteiger partial charge < -0.3 is 9.84 Å². The number of fused-ring (bicyclic) bond motifs is 1. The fourth-order valence-electron chi connectivity index (χ4n) is 4.52. The minimum Gasteiger partial charge on any atom is -0.495 e. The molecular weight excluding hydrogens is 503 g/mol. The second-order valence-electron chi connectivity index (χ2n) is 8.69. The van der Waals surface area contributed by atoms with Gasteiger partial charge in [0.2, 0.25) is 0 Å². The first-order chi connectivity index (χ1) is 17.2. The summed E-state index contributed by atoms with van der Waals surface area (Å²) < 4.78 is 48.5. The van der Waals surface area contributed by atoms with E-state index < -0.39 is 27.4 Å². The van der Waals surface area contributed by atoms with Crippen molar-refractivity contribution in [1.29, 1.82) is 0 Å². The molecule has 0 aliphatic heterocycles. The number of nitrogens with one attached hydrogen (secondary N) is 1. The Morgan fingerprint density at radius 3 is 2.50 bits per heavy atom. The van der Waals surface area contributed by atoms with Crippen LogP contribution in [0.3, 0.4) is 0 Å². The van der Waals surface area contributed by atoms with Gasteiger partial charge in [-0.15, -0.1) is 11.3 Å². The number of nitrogens with zero attached hydrogens (tertiary/aromatic N) is 1. The van der Waals surface area contributed by atoms with Crippen molar-refractivity contribution in [3.8, 4) is 16.3 Å². The van der Waals surface area contributed by atoms with E-state index in [0.717, 1.165) is 27.4 Å². The number of carboxylic acids is 1. The molecule has 7 nitrogen and oxygen atoms in total. The Morgan fingerprint density at radius 2 is 1.83 bits per heavy atom. The van der Waals surface area contributed by atoms with Crippen LogP contribution >= 0.6 is 11.3 Å². The Hall–Kier alpha value is -3.50. The molecule has 0 radical (unpaired) electrons. The number of benzene rings is 3. The Kier molecular flexibility index (Phi) is 6.40. The SMILES string of the molecule is COc1cc(C(=O)O)c(F)cc1NS(=O)(=O)c1ccc2sc(-c3ccc(C4CCCC4)cc3)nc2c1. The van der Waals surface area contributed by atoms with Crippen molar-refractivity contribution in [1.82, 2.24) is 4.98 Å². The quantitative estimate of drug-likeness (QED) is 0.294. The van der Waals surface area contributed by atoms with Crippen LogP contribution in [0, 0.1) is 5.82 Å². The number of hydrogen-bond donors (Lipinski definition) is 2. The van der Waals surface area contributed by atoms with E-state index in [-0.39, 0.29) is 16.3 Å². The third-order valence-electron chi connectivity index (χ3n) is 6.42. The predicted molar refractivity (Wildman–Crippen MR) is 137 cm³/mol. The molecule has 0 amide bonds. The van der Waals surface area contributed by atoms with Gasteiger partial charge in [-0.1, -0.05) is 37.1 Å². The Balaban J connectivity index is 1.42. The predicted octanol–water partition coefficient (Wildman–Crippen LogP) is 6.27. The molecule has 0 bridgehead atoms. The van der Waals surface area contributed by atoms with E-state index in [2.05, 4.69) is 34.0 Å². The second-order valence-corrected chi connectivity index (χ2v) is 11.4. The summed E-state index contributed by atoms with van der Waals surface area (Å²) in [6.45, 7) is 0. The number of halogens is 1. The number of thiazole rings is 1. The monoisotopic (exact) mass is 526 g/mol. The molecule has 1 aromatic heterocycles. The Labute approximate surface area is 211 Å². The largest absolute Gasteiger partial charge is 0.495 e. The molecule has 1 aliphatic carbocycles.